The lowest BCUT2D eigenvalue weighted by Gasteiger charge is -2.33. The monoisotopic (exact) mass is 311 g/mol. The fourth-order valence-electron chi connectivity index (χ4n) is 2.89. The molecular formula is C17H21N5O. The van der Waals surface area contributed by atoms with E-state index in [1.165, 1.54) is 0 Å². The molecule has 0 spiro atoms. The Morgan fingerprint density at radius 1 is 1.30 bits per heavy atom. The van der Waals surface area contributed by atoms with Crippen LogP contribution in [0.15, 0.2) is 43.0 Å². The predicted molar refractivity (Wildman–Crippen MR) is 87.8 cm³/mol. The lowest BCUT2D eigenvalue weighted by molar-refractivity contribution is -0.125. The van der Waals surface area contributed by atoms with Crippen LogP contribution in [0, 0.1) is 5.92 Å². The van der Waals surface area contributed by atoms with Gasteiger partial charge in [-0.3, -0.25) is 14.8 Å². The van der Waals surface area contributed by atoms with Crippen LogP contribution in [-0.4, -0.2) is 33.9 Å². The molecule has 1 aliphatic rings. The van der Waals surface area contributed by atoms with E-state index in [2.05, 4.69) is 25.2 Å². The van der Waals surface area contributed by atoms with Crippen molar-refractivity contribution in [2.45, 2.75) is 25.8 Å². The van der Waals surface area contributed by atoms with Crippen molar-refractivity contribution in [3.8, 4) is 0 Å². The van der Waals surface area contributed by atoms with Gasteiger partial charge in [-0.15, -0.1) is 0 Å². The normalized spacial score (nSPS) is 19.2. The van der Waals surface area contributed by atoms with E-state index in [4.69, 9.17) is 0 Å². The highest BCUT2D eigenvalue weighted by Crippen LogP contribution is 2.22. The van der Waals surface area contributed by atoms with Crippen LogP contribution in [0.3, 0.4) is 0 Å². The van der Waals surface area contributed by atoms with Gasteiger partial charge in [0.25, 0.3) is 0 Å². The van der Waals surface area contributed by atoms with Crippen molar-refractivity contribution in [1.82, 2.24) is 20.3 Å². The molecule has 23 heavy (non-hydrogen) atoms. The number of hydrogen-bond donors (Lipinski definition) is 1. The molecule has 1 amide bonds. The van der Waals surface area contributed by atoms with Crippen LogP contribution in [0.25, 0.3) is 0 Å². The Hall–Kier alpha value is -2.50. The van der Waals surface area contributed by atoms with Crippen LogP contribution < -0.4 is 10.2 Å². The van der Waals surface area contributed by atoms with Gasteiger partial charge in [-0.05, 0) is 31.9 Å². The van der Waals surface area contributed by atoms with Crippen LogP contribution in [0.1, 0.15) is 31.5 Å². The zero-order valence-electron chi connectivity index (χ0n) is 13.2. The molecular weight excluding hydrogens is 290 g/mol. The Balaban J connectivity index is 1.61. The van der Waals surface area contributed by atoms with E-state index in [1.54, 1.807) is 24.8 Å². The summed E-state index contributed by atoms with van der Waals surface area (Å²) < 4.78 is 0. The van der Waals surface area contributed by atoms with E-state index in [1.807, 2.05) is 25.1 Å². The molecule has 6 nitrogen and oxygen atoms in total. The lowest BCUT2D eigenvalue weighted by atomic mass is 9.96. The maximum Gasteiger partial charge on any atom is 0.225 e. The molecule has 0 aromatic carbocycles. The highest BCUT2D eigenvalue weighted by atomic mass is 16.2. The first-order chi connectivity index (χ1) is 11.2. The number of carbonyl (C=O) groups is 1. The number of aromatic nitrogens is 3. The zero-order chi connectivity index (χ0) is 16.1. The van der Waals surface area contributed by atoms with Crippen molar-refractivity contribution in [3.63, 3.8) is 0 Å². The van der Waals surface area contributed by atoms with E-state index < -0.39 is 0 Å². The maximum atomic E-state index is 12.6. The summed E-state index contributed by atoms with van der Waals surface area (Å²) >= 11 is 0. The van der Waals surface area contributed by atoms with Gasteiger partial charge < -0.3 is 10.2 Å². The molecule has 0 bridgehead atoms. The smallest absolute Gasteiger partial charge is 0.225 e. The molecule has 6 heteroatoms. The van der Waals surface area contributed by atoms with E-state index in [9.17, 15) is 4.79 Å². The van der Waals surface area contributed by atoms with E-state index in [0.717, 1.165) is 30.9 Å². The molecule has 0 radical (unpaired) electrons. The second-order valence-electron chi connectivity index (χ2n) is 5.83. The molecule has 2 atom stereocenters. The molecule has 2 aromatic heterocycles. The summed E-state index contributed by atoms with van der Waals surface area (Å²) in [5, 5.41) is 3.07. The van der Waals surface area contributed by atoms with Gasteiger partial charge in [-0.1, -0.05) is 6.07 Å². The molecule has 1 saturated heterocycles. The zero-order valence-corrected chi connectivity index (χ0v) is 13.2. The molecule has 2 aromatic rings. The molecule has 0 unspecified atom stereocenters. The summed E-state index contributed by atoms with van der Waals surface area (Å²) in [5.41, 5.74) is 0.877. The molecule has 1 fully saturated rings. The average molecular weight is 311 g/mol. The molecule has 1 aliphatic heterocycles. The van der Waals surface area contributed by atoms with Crippen molar-refractivity contribution < 1.29 is 4.79 Å². The second-order valence-corrected chi connectivity index (χ2v) is 5.83. The van der Waals surface area contributed by atoms with Crippen molar-refractivity contribution in [2.24, 2.45) is 5.92 Å². The quantitative estimate of drug-likeness (QED) is 0.934. The van der Waals surface area contributed by atoms with Crippen LogP contribution in [0.2, 0.25) is 0 Å². The number of pyridine rings is 1. The SMILES string of the molecule is C[C@H](NC(=O)[C@H]1CCCN(c2cnccn2)C1)c1ccccn1. The largest absolute Gasteiger partial charge is 0.355 e. The van der Waals surface area contributed by atoms with Gasteiger partial charge in [0.15, 0.2) is 0 Å². The Labute approximate surface area is 136 Å². The Kier molecular flexibility index (Phi) is 4.80. The van der Waals surface area contributed by atoms with Crippen LogP contribution in [0.4, 0.5) is 5.82 Å². The maximum absolute atomic E-state index is 12.6. The highest BCUT2D eigenvalue weighted by Gasteiger charge is 2.27. The number of hydrogen-bond acceptors (Lipinski definition) is 5. The Morgan fingerprint density at radius 3 is 2.96 bits per heavy atom. The first-order valence-electron chi connectivity index (χ1n) is 7.96. The summed E-state index contributed by atoms with van der Waals surface area (Å²) in [6, 6.07) is 5.65. The minimum Gasteiger partial charge on any atom is -0.355 e. The van der Waals surface area contributed by atoms with Crippen LogP contribution in [0.5, 0.6) is 0 Å². The average Bonchev–Trinajstić information content (AvgIpc) is 2.63. The fraction of sp³-hybridized carbons (Fsp3) is 0.412. The molecule has 1 N–H and O–H groups in total. The summed E-state index contributed by atoms with van der Waals surface area (Å²) in [6.07, 6.45) is 8.71. The van der Waals surface area contributed by atoms with Gasteiger partial charge in [-0.25, -0.2) is 4.98 Å². The van der Waals surface area contributed by atoms with E-state index in [-0.39, 0.29) is 17.9 Å². The highest BCUT2D eigenvalue weighted by molar-refractivity contribution is 5.79. The van der Waals surface area contributed by atoms with E-state index >= 15 is 0 Å². The topological polar surface area (TPSA) is 71.0 Å². The van der Waals surface area contributed by atoms with Crippen molar-refractivity contribution >= 4 is 11.7 Å². The van der Waals surface area contributed by atoms with Gasteiger partial charge >= 0.3 is 0 Å². The number of anilines is 1. The minimum atomic E-state index is -0.0874. The number of rotatable bonds is 4. The molecule has 3 heterocycles. The number of carbonyl (C=O) groups excluding carboxylic acids is 1. The van der Waals surface area contributed by atoms with Gasteiger partial charge in [0.2, 0.25) is 5.91 Å². The molecule has 0 saturated carbocycles. The first kappa shape index (κ1) is 15.4. The Morgan fingerprint density at radius 2 is 2.22 bits per heavy atom. The standard InChI is InChI=1S/C17H21N5O/c1-13(15-6-2-3-7-19-15)21-17(23)14-5-4-10-22(12-14)16-11-18-8-9-20-16/h2-3,6-9,11,13-14H,4-5,10,12H2,1H3,(H,21,23)/t13-,14-/m0/s1. The molecule has 0 aliphatic carbocycles. The molecule has 3 rings (SSSR count). The number of nitrogens with one attached hydrogen (secondary N) is 1. The van der Waals surface area contributed by atoms with Crippen molar-refractivity contribution in [3.05, 3.63) is 48.7 Å². The predicted octanol–water partition coefficient (Wildman–Crippen LogP) is 1.97. The third kappa shape index (κ3) is 3.83. The summed E-state index contributed by atoms with van der Waals surface area (Å²) in [4.78, 5) is 27.4. The third-order valence-electron chi connectivity index (χ3n) is 4.16. The fourth-order valence-corrected chi connectivity index (χ4v) is 2.89. The lowest BCUT2D eigenvalue weighted by Crippen LogP contribution is -2.44. The van der Waals surface area contributed by atoms with Gasteiger partial charge in [-0.2, -0.15) is 0 Å². The summed E-state index contributed by atoms with van der Waals surface area (Å²) in [7, 11) is 0. The summed E-state index contributed by atoms with van der Waals surface area (Å²) in [6.45, 7) is 3.56. The first-order valence-corrected chi connectivity index (χ1v) is 7.96. The van der Waals surface area contributed by atoms with Crippen LogP contribution in [-0.2, 0) is 4.79 Å². The van der Waals surface area contributed by atoms with Crippen LogP contribution >= 0.6 is 0 Å². The van der Waals surface area contributed by atoms with Crippen molar-refractivity contribution in [2.75, 3.05) is 18.0 Å². The van der Waals surface area contributed by atoms with E-state index in [0.29, 0.717) is 6.54 Å². The second kappa shape index (κ2) is 7.17. The molecule has 120 valence electrons. The number of piperidine rings is 1. The number of nitrogens with zero attached hydrogens (tertiary/aromatic N) is 4. The number of amides is 1. The van der Waals surface area contributed by atoms with Gasteiger partial charge in [0.1, 0.15) is 5.82 Å². The minimum absolute atomic E-state index is 0.0306. The Bertz CT molecular complexity index is 634. The van der Waals surface area contributed by atoms with Gasteiger partial charge in [0, 0.05) is 31.7 Å². The van der Waals surface area contributed by atoms with Crippen molar-refractivity contribution in [1.29, 1.82) is 0 Å². The summed E-state index contributed by atoms with van der Waals surface area (Å²) in [5.74, 6) is 0.886. The third-order valence-corrected chi connectivity index (χ3v) is 4.16. The van der Waals surface area contributed by atoms with Gasteiger partial charge in [0.05, 0.1) is 23.9 Å².